The summed E-state index contributed by atoms with van der Waals surface area (Å²) >= 11 is 0. The first kappa shape index (κ1) is 11.3. The van der Waals surface area contributed by atoms with Crippen molar-refractivity contribution in [3.8, 4) is 0 Å². The van der Waals surface area contributed by atoms with Crippen LogP contribution in [0.25, 0.3) is 0 Å². The molecule has 1 aromatic rings. The van der Waals surface area contributed by atoms with E-state index < -0.39 is 24.4 Å². The molecule has 2 N–H and O–H groups in total. The Morgan fingerprint density at radius 2 is 2.27 bits per heavy atom. The minimum absolute atomic E-state index is 0.0425. The maximum Gasteiger partial charge on any atom is 0.330 e. The number of aliphatic hydroxyl groups is 1. The fourth-order valence-electron chi connectivity index (χ4n) is 0.864. The Hall–Kier alpha value is -1.76. The second kappa shape index (κ2) is 5.20. The number of hydrogen-bond donors (Lipinski definition) is 2. The molecule has 0 aromatic carbocycles. The topological polar surface area (TPSA) is 84.3 Å². The van der Waals surface area contributed by atoms with Crippen molar-refractivity contribution in [2.24, 2.45) is 0 Å². The van der Waals surface area contributed by atoms with E-state index in [1.165, 1.54) is 7.11 Å². The number of rotatable bonds is 4. The molecule has 0 aliphatic heterocycles. The van der Waals surface area contributed by atoms with Gasteiger partial charge in [-0.1, -0.05) is 0 Å². The second-order valence-electron chi connectivity index (χ2n) is 2.63. The fraction of sp³-hybridized carbons (Fsp3) is 0.375. The van der Waals surface area contributed by atoms with Crippen molar-refractivity contribution < 1.29 is 19.0 Å². The summed E-state index contributed by atoms with van der Waals surface area (Å²) in [6, 6.07) is -0.958. The summed E-state index contributed by atoms with van der Waals surface area (Å²) in [4.78, 5) is 18.2. The van der Waals surface area contributed by atoms with Crippen LogP contribution in [0.2, 0.25) is 0 Å². The van der Waals surface area contributed by atoms with E-state index in [-0.39, 0.29) is 5.95 Å². The minimum atomic E-state index is -0.958. The smallest absolute Gasteiger partial charge is 0.330 e. The van der Waals surface area contributed by atoms with Gasteiger partial charge in [-0.15, -0.1) is 0 Å². The lowest BCUT2D eigenvalue weighted by Gasteiger charge is -2.12. The number of carbonyl (C=O) groups excluding carboxylic acids is 1. The van der Waals surface area contributed by atoms with Crippen molar-refractivity contribution in [2.45, 2.75) is 6.04 Å². The second-order valence-corrected chi connectivity index (χ2v) is 2.63. The van der Waals surface area contributed by atoms with Crippen molar-refractivity contribution in [1.82, 2.24) is 9.97 Å². The number of nitrogens with one attached hydrogen (secondary N) is 1. The molecule has 15 heavy (non-hydrogen) atoms. The monoisotopic (exact) mass is 215 g/mol. The van der Waals surface area contributed by atoms with Crippen LogP contribution in [-0.4, -0.2) is 40.8 Å². The summed E-state index contributed by atoms with van der Waals surface area (Å²) in [5, 5.41) is 11.3. The summed E-state index contributed by atoms with van der Waals surface area (Å²) < 4.78 is 16.8. The van der Waals surface area contributed by atoms with E-state index in [9.17, 15) is 9.18 Å². The number of halogens is 1. The number of nitrogens with zero attached hydrogens (tertiary/aromatic N) is 2. The molecule has 0 spiro atoms. The Morgan fingerprint density at radius 3 is 2.73 bits per heavy atom. The van der Waals surface area contributed by atoms with Gasteiger partial charge in [0.1, 0.15) is 0 Å². The standard InChI is InChI=1S/C8H10FN3O3/c1-15-7(14)6(4-13)12-8-10-2-5(9)3-11-8/h2-3,6,13H,4H2,1H3,(H,10,11,12). The van der Waals surface area contributed by atoms with Gasteiger partial charge in [0.2, 0.25) is 5.95 Å². The molecule has 0 saturated carbocycles. The lowest BCUT2D eigenvalue weighted by molar-refractivity contribution is -0.142. The summed E-state index contributed by atoms with van der Waals surface area (Å²) in [6.07, 6.45) is 1.89. The van der Waals surface area contributed by atoms with Crippen molar-refractivity contribution in [1.29, 1.82) is 0 Å². The summed E-state index contributed by atoms with van der Waals surface area (Å²) in [6.45, 7) is -0.465. The average molecular weight is 215 g/mol. The predicted molar refractivity (Wildman–Crippen MR) is 48.5 cm³/mol. The summed E-state index contributed by atoms with van der Waals surface area (Å²) in [5.41, 5.74) is 0. The number of aromatic nitrogens is 2. The molecule has 0 aliphatic carbocycles. The van der Waals surface area contributed by atoms with Crippen LogP contribution in [0.4, 0.5) is 10.3 Å². The SMILES string of the molecule is COC(=O)C(CO)Nc1ncc(F)cn1. The molecule has 0 saturated heterocycles. The number of methoxy groups -OCH3 is 1. The highest BCUT2D eigenvalue weighted by atomic mass is 19.1. The maximum absolute atomic E-state index is 12.4. The van der Waals surface area contributed by atoms with Crippen molar-refractivity contribution >= 4 is 11.9 Å². The number of esters is 1. The molecule has 1 rings (SSSR count). The molecular formula is C8H10FN3O3. The van der Waals surface area contributed by atoms with Gasteiger partial charge in [0, 0.05) is 0 Å². The first-order valence-electron chi connectivity index (χ1n) is 4.10. The highest BCUT2D eigenvalue weighted by Crippen LogP contribution is 2.01. The molecule has 82 valence electrons. The van der Waals surface area contributed by atoms with E-state index in [1.54, 1.807) is 0 Å². The van der Waals surface area contributed by atoms with E-state index in [4.69, 9.17) is 5.11 Å². The summed E-state index contributed by atoms with van der Waals surface area (Å²) in [5.74, 6) is -1.19. The minimum Gasteiger partial charge on any atom is -0.467 e. The van der Waals surface area contributed by atoms with Gasteiger partial charge < -0.3 is 15.2 Å². The first-order valence-corrected chi connectivity index (χ1v) is 4.10. The Kier molecular flexibility index (Phi) is 3.92. The normalized spacial score (nSPS) is 11.9. The van der Waals surface area contributed by atoms with Crippen molar-refractivity contribution in [3.05, 3.63) is 18.2 Å². The van der Waals surface area contributed by atoms with E-state index in [0.29, 0.717) is 0 Å². The quantitative estimate of drug-likeness (QED) is 0.662. The lowest BCUT2D eigenvalue weighted by atomic mass is 10.3. The zero-order chi connectivity index (χ0) is 11.3. The van der Waals surface area contributed by atoms with E-state index >= 15 is 0 Å². The molecule has 1 unspecified atom stereocenters. The van der Waals surface area contributed by atoms with Crippen LogP contribution >= 0.6 is 0 Å². The third kappa shape index (κ3) is 3.13. The molecule has 0 fully saturated rings. The number of ether oxygens (including phenoxy) is 1. The van der Waals surface area contributed by atoms with E-state index in [0.717, 1.165) is 12.4 Å². The molecule has 1 atom stereocenters. The zero-order valence-corrected chi connectivity index (χ0v) is 7.98. The van der Waals surface area contributed by atoms with E-state index in [1.807, 2.05) is 0 Å². The lowest BCUT2D eigenvalue weighted by Crippen LogP contribution is -2.34. The number of hydrogen-bond acceptors (Lipinski definition) is 6. The van der Waals surface area contributed by atoms with Crippen LogP contribution in [0, 0.1) is 5.82 Å². The molecule has 0 bridgehead atoms. The van der Waals surface area contributed by atoms with Gasteiger partial charge in [-0.25, -0.2) is 19.2 Å². The number of anilines is 1. The average Bonchev–Trinajstić information content (AvgIpc) is 2.27. The van der Waals surface area contributed by atoms with Gasteiger partial charge in [0.25, 0.3) is 0 Å². The van der Waals surface area contributed by atoms with Crippen LogP contribution in [-0.2, 0) is 9.53 Å². The Labute approximate surface area is 85.1 Å². The fourth-order valence-corrected chi connectivity index (χ4v) is 0.864. The summed E-state index contributed by atoms with van der Waals surface area (Å²) in [7, 11) is 1.19. The van der Waals surface area contributed by atoms with Crippen LogP contribution in [0.15, 0.2) is 12.4 Å². The van der Waals surface area contributed by atoms with Crippen molar-refractivity contribution in [2.75, 3.05) is 19.0 Å². The van der Waals surface area contributed by atoms with Gasteiger partial charge in [-0.3, -0.25) is 0 Å². The first-order chi connectivity index (χ1) is 7.17. The third-order valence-electron chi connectivity index (χ3n) is 1.59. The predicted octanol–water partition coefficient (Wildman–Crippen LogP) is -0.439. The number of aliphatic hydroxyl groups excluding tert-OH is 1. The van der Waals surface area contributed by atoms with Crippen LogP contribution in [0.5, 0.6) is 0 Å². The van der Waals surface area contributed by atoms with Gasteiger partial charge in [-0.05, 0) is 0 Å². The molecule has 7 heteroatoms. The van der Waals surface area contributed by atoms with Gasteiger partial charge in [0.05, 0.1) is 26.1 Å². The molecule has 0 amide bonds. The highest BCUT2D eigenvalue weighted by molar-refractivity contribution is 5.78. The molecule has 1 aromatic heterocycles. The number of carbonyl (C=O) groups is 1. The maximum atomic E-state index is 12.4. The molecule has 6 nitrogen and oxygen atoms in total. The highest BCUT2D eigenvalue weighted by Gasteiger charge is 2.18. The van der Waals surface area contributed by atoms with Crippen molar-refractivity contribution in [3.63, 3.8) is 0 Å². The van der Waals surface area contributed by atoms with E-state index in [2.05, 4.69) is 20.0 Å². The molecule has 0 radical (unpaired) electrons. The largest absolute Gasteiger partial charge is 0.467 e. The molecule has 0 aliphatic rings. The molecule has 1 heterocycles. The Balaban J connectivity index is 2.66. The zero-order valence-electron chi connectivity index (χ0n) is 7.98. The third-order valence-corrected chi connectivity index (χ3v) is 1.59. The van der Waals surface area contributed by atoms with Gasteiger partial charge in [0.15, 0.2) is 11.9 Å². The Bertz CT molecular complexity index is 330. The van der Waals surface area contributed by atoms with Crippen LogP contribution < -0.4 is 5.32 Å². The van der Waals surface area contributed by atoms with Gasteiger partial charge >= 0.3 is 5.97 Å². The van der Waals surface area contributed by atoms with Gasteiger partial charge in [-0.2, -0.15) is 0 Å². The Morgan fingerprint density at radius 1 is 1.67 bits per heavy atom. The van der Waals surface area contributed by atoms with Crippen LogP contribution in [0.3, 0.4) is 0 Å². The van der Waals surface area contributed by atoms with Crippen LogP contribution in [0.1, 0.15) is 0 Å². The molecular weight excluding hydrogens is 205 g/mol.